The lowest BCUT2D eigenvalue weighted by atomic mass is 10.2. The molecule has 0 atom stereocenters. The first-order valence-electron chi connectivity index (χ1n) is 7.20. The van der Waals surface area contributed by atoms with E-state index in [1.165, 1.54) is 7.11 Å². The molecule has 2 N–H and O–H groups in total. The highest BCUT2D eigenvalue weighted by molar-refractivity contribution is 5.92. The number of para-hydroxylation sites is 2. The SMILES string of the molecule is COc1cc(C=O)ccc1OCC(=O)Nc1nc2ccccc2[nH]1. The highest BCUT2D eigenvalue weighted by atomic mass is 16.5. The van der Waals surface area contributed by atoms with Gasteiger partial charge in [0.1, 0.15) is 6.29 Å². The summed E-state index contributed by atoms with van der Waals surface area (Å²) in [4.78, 5) is 30.0. The summed E-state index contributed by atoms with van der Waals surface area (Å²) in [7, 11) is 1.46. The van der Waals surface area contributed by atoms with Crippen LogP contribution < -0.4 is 14.8 Å². The summed E-state index contributed by atoms with van der Waals surface area (Å²) in [5.41, 5.74) is 2.06. The van der Waals surface area contributed by atoms with Crippen molar-refractivity contribution in [2.75, 3.05) is 19.0 Å². The normalized spacial score (nSPS) is 10.4. The van der Waals surface area contributed by atoms with E-state index in [1.807, 2.05) is 24.3 Å². The van der Waals surface area contributed by atoms with Gasteiger partial charge in [-0.1, -0.05) is 12.1 Å². The lowest BCUT2D eigenvalue weighted by Crippen LogP contribution is -2.21. The third kappa shape index (κ3) is 3.35. The fourth-order valence-corrected chi connectivity index (χ4v) is 2.20. The van der Waals surface area contributed by atoms with E-state index >= 15 is 0 Å². The lowest BCUT2D eigenvalue weighted by Gasteiger charge is -2.10. The highest BCUT2D eigenvalue weighted by Gasteiger charge is 2.10. The van der Waals surface area contributed by atoms with E-state index in [-0.39, 0.29) is 12.5 Å². The number of H-pyrrole nitrogens is 1. The van der Waals surface area contributed by atoms with Gasteiger partial charge in [0, 0.05) is 5.56 Å². The molecule has 122 valence electrons. The average Bonchev–Trinajstić information content (AvgIpc) is 3.01. The highest BCUT2D eigenvalue weighted by Crippen LogP contribution is 2.27. The maximum Gasteiger partial charge on any atom is 0.264 e. The quantitative estimate of drug-likeness (QED) is 0.679. The molecule has 0 aliphatic heterocycles. The summed E-state index contributed by atoms with van der Waals surface area (Å²) in [5, 5.41) is 2.63. The van der Waals surface area contributed by atoms with Crippen LogP contribution in [0.5, 0.6) is 11.5 Å². The van der Waals surface area contributed by atoms with E-state index < -0.39 is 0 Å². The van der Waals surface area contributed by atoms with Gasteiger partial charge in [0.25, 0.3) is 5.91 Å². The molecule has 0 fully saturated rings. The van der Waals surface area contributed by atoms with Crippen LogP contribution in [0, 0.1) is 0 Å². The summed E-state index contributed by atoms with van der Waals surface area (Å²) in [6.45, 7) is -0.214. The minimum atomic E-state index is -0.365. The van der Waals surface area contributed by atoms with Crippen molar-refractivity contribution in [2.24, 2.45) is 0 Å². The van der Waals surface area contributed by atoms with Gasteiger partial charge in [-0.3, -0.25) is 14.9 Å². The van der Waals surface area contributed by atoms with Crippen molar-refractivity contribution in [3.05, 3.63) is 48.0 Å². The zero-order valence-electron chi connectivity index (χ0n) is 12.9. The smallest absolute Gasteiger partial charge is 0.264 e. The van der Waals surface area contributed by atoms with Crippen molar-refractivity contribution < 1.29 is 19.1 Å². The molecule has 0 radical (unpaired) electrons. The predicted octanol–water partition coefficient (Wildman–Crippen LogP) is 2.40. The molecule has 0 saturated carbocycles. The number of aldehydes is 1. The number of aromatic nitrogens is 2. The average molecular weight is 325 g/mol. The number of aromatic amines is 1. The largest absolute Gasteiger partial charge is 0.493 e. The summed E-state index contributed by atoms with van der Waals surface area (Å²) < 4.78 is 10.6. The van der Waals surface area contributed by atoms with Gasteiger partial charge in [-0.05, 0) is 30.3 Å². The first kappa shape index (κ1) is 15.5. The molecule has 2 aromatic carbocycles. The second-order valence-electron chi connectivity index (χ2n) is 4.97. The van der Waals surface area contributed by atoms with Crippen molar-refractivity contribution >= 4 is 29.2 Å². The van der Waals surface area contributed by atoms with Gasteiger partial charge >= 0.3 is 0 Å². The molecule has 3 rings (SSSR count). The van der Waals surface area contributed by atoms with E-state index in [4.69, 9.17) is 9.47 Å². The van der Waals surface area contributed by atoms with Gasteiger partial charge < -0.3 is 14.5 Å². The van der Waals surface area contributed by atoms with Crippen molar-refractivity contribution in [1.29, 1.82) is 0 Å². The molecule has 0 saturated heterocycles. The van der Waals surface area contributed by atoms with Gasteiger partial charge in [-0.2, -0.15) is 0 Å². The third-order valence-electron chi connectivity index (χ3n) is 3.33. The lowest BCUT2D eigenvalue weighted by molar-refractivity contribution is -0.118. The van der Waals surface area contributed by atoms with E-state index in [1.54, 1.807) is 18.2 Å². The van der Waals surface area contributed by atoms with Crippen LogP contribution in [0.4, 0.5) is 5.95 Å². The van der Waals surface area contributed by atoms with Crippen molar-refractivity contribution in [3.63, 3.8) is 0 Å². The second-order valence-corrected chi connectivity index (χ2v) is 4.97. The molecular formula is C17H15N3O4. The molecule has 0 aliphatic rings. The van der Waals surface area contributed by atoms with Gasteiger partial charge in [-0.25, -0.2) is 4.98 Å². The van der Waals surface area contributed by atoms with Crippen LogP contribution in [0.1, 0.15) is 10.4 Å². The Morgan fingerprint density at radius 1 is 1.25 bits per heavy atom. The second kappa shape index (κ2) is 6.82. The van der Waals surface area contributed by atoms with Gasteiger partial charge in [-0.15, -0.1) is 0 Å². The van der Waals surface area contributed by atoms with Crippen molar-refractivity contribution in [3.8, 4) is 11.5 Å². The molecule has 24 heavy (non-hydrogen) atoms. The van der Waals surface area contributed by atoms with Crippen molar-refractivity contribution in [1.82, 2.24) is 9.97 Å². The molecule has 0 spiro atoms. The molecule has 0 aliphatic carbocycles. The predicted molar refractivity (Wildman–Crippen MR) is 88.6 cm³/mol. The molecule has 1 heterocycles. The Morgan fingerprint density at radius 3 is 2.83 bits per heavy atom. The number of nitrogens with one attached hydrogen (secondary N) is 2. The minimum absolute atomic E-state index is 0.214. The number of methoxy groups -OCH3 is 1. The van der Waals surface area contributed by atoms with Gasteiger partial charge in [0.15, 0.2) is 18.1 Å². The van der Waals surface area contributed by atoms with Crippen LogP contribution in [0.25, 0.3) is 11.0 Å². The molecule has 3 aromatic rings. The molecule has 0 unspecified atom stereocenters. The Balaban J connectivity index is 1.64. The number of anilines is 1. The van der Waals surface area contributed by atoms with E-state index in [2.05, 4.69) is 15.3 Å². The Labute approximate surface area is 137 Å². The molecule has 7 nitrogen and oxygen atoms in total. The summed E-state index contributed by atoms with van der Waals surface area (Å²) >= 11 is 0. The van der Waals surface area contributed by atoms with E-state index in [9.17, 15) is 9.59 Å². The van der Waals surface area contributed by atoms with Crippen LogP contribution in [-0.2, 0) is 4.79 Å². The van der Waals surface area contributed by atoms with Gasteiger partial charge in [0.2, 0.25) is 5.95 Å². The number of fused-ring (bicyclic) bond motifs is 1. The number of ether oxygens (including phenoxy) is 2. The first-order valence-corrected chi connectivity index (χ1v) is 7.20. The number of carbonyl (C=O) groups excluding carboxylic acids is 2. The number of benzene rings is 2. The summed E-state index contributed by atoms with van der Waals surface area (Å²) in [5.74, 6) is 0.752. The number of hydrogen-bond acceptors (Lipinski definition) is 5. The van der Waals surface area contributed by atoms with Gasteiger partial charge in [0.05, 0.1) is 18.1 Å². The minimum Gasteiger partial charge on any atom is -0.493 e. The third-order valence-corrected chi connectivity index (χ3v) is 3.33. The number of nitrogens with zero attached hydrogens (tertiary/aromatic N) is 1. The monoisotopic (exact) mass is 325 g/mol. The fraction of sp³-hybridized carbons (Fsp3) is 0.118. The molecule has 1 aromatic heterocycles. The van der Waals surface area contributed by atoms with Crippen LogP contribution >= 0.6 is 0 Å². The number of imidazole rings is 1. The van der Waals surface area contributed by atoms with E-state index in [0.717, 1.165) is 11.0 Å². The number of hydrogen-bond donors (Lipinski definition) is 2. The molecule has 7 heteroatoms. The fourth-order valence-electron chi connectivity index (χ4n) is 2.20. The Bertz CT molecular complexity index is 855. The molecular weight excluding hydrogens is 310 g/mol. The zero-order chi connectivity index (χ0) is 16.9. The van der Waals surface area contributed by atoms with Crippen LogP contribution in [0.3, 0.4) is 0 Å². The van der Waals surface area contributed by atoms with Crippen LogP contribution in [-0.4, -0.2) is 35.9 Å². The van der Waals surface area contributed by atoms with Crippen LogP contribution in [0.15, 0.2) is 42.5 Å². The standard InChI is InChI=1S/C17H15N3O4/c1-23-15-8-11(9-21)6-7-14(15)24-10-16(22)20-17-18-12-4-2-3-5-13(12)19-17/h2-9H,10H2,1H3,(H2,18,19,20,22). The Hall–Kier alpha value is -3.35. The van der Waals surface area contributed by atoms with Crippen LogP contribution in [0.2, 0.25) is 0 Å². The summed E-state index contributed by atoms with van der Waals surface area (Å²) in [6, 6.07) is 12.2. The number of carbonyl (C=O) groups is 2. The number of rotatable bonds is 6. The summed E-state index contributed by atoms with van der Waals surface area (Å²) in [6.07, 6.45) is 0.709. The zero-order valence-corrected chi connectivity index (χ0v) is 12.9. The van der Waals surface area contributed by atoms with E-state index in [0.29, 0.717) is 29.3 Å². The first-order chi connectivity index (χ1) is 11.7. The molecule has 1 amide bonds. The maximum atomic E-state index is 12.0. The van der Waals surface area contributed by atoms with Crippen molar-refractivity contribution in [2.45, 2.75) is 0 Å². The Morgan fingerprint density at radius 2 is 2.08 bits per heavy atom. The topological polar surface area (TPSA) is 93.3 Å². The maximum absolute atomic E-state index is 12.0. The molecule has 0 bridgehead atoms. The number of amides is 1. The Kier molecular flexibility index (Phi) is 4.42.